The molecule has 0 aliphatic rings. The molecule has 1 heterocycles. The molecule has 0 saturated carbocycles. The van der Waals surface area contributed by atoms with E-state index in [1.807, 2.05) is 13.2 Å². The standard InChI is InChI=1S/C9H16ClN3/c1-7(2)8(5-10)4-9-6-13(3)12-11-9/h6-8H,4-5H2,1-3H3. The van der Waals surface area contributed by atoms with E-state index in [1.54, 1.807) is 4.68 Å². The molecule has 0 aliphatic heterocycles. The summed E-state index contributed by atoms with van der Waals surface area (Å²) in [4.78, 5) is 0. The second-order valence-electron chi connectivity index (χ2n) is 3.75. The second kappa shape index (κ2) is 4.61. The van der Waals surface area contributed by atoms with Crippen LogP contribution in [0.5, 0.6) is 0 Å². The monoisotopic (exact) mass is 201 g/mol. The third-order valence-electron chi connectivity index (χ3n) is 2.26. The Kier molecular flexibility index (Phi) is 3.72. The molecule has 0 aliphatic carbocycles. The lowest BCUT2D eigenvalue weighted by atomic mass is 9.93. The fraction of sp³-hybridized carbons (Fsp3) is 0.778. The molecular weight excluding hydrogens is 186 g/mol. The largest absolute Gasteiger partial charge is 0.255 e. The van der Waals surface area contributed by atoms with Crippen LogP contribution < -0.4 is 0 Å². The Bertz CT molecular complexity index is 257. The van der Waals surface area contributed by atoms with E-state index >= 15 is 0 Å². The van der Waals surface area contributed by atoms with Crippen molar-refractivity contribution in [2.24, 2.45) is 18.9 Å². The topological polar surface area (TPSA) is 30.7 Å². The van der Waals surface area contributed by atoms with Crippen LogP contribution in [-0.4, -0.2) is 20.9 Å². The lowest BCUT2D eigenvalue weighted by molar-refractivity contribution is 0.418. The van der Waals surface area contributed by atoms with Crippen LogP contribution in [0.25, 0.3) is 0 Å². The van der Waals surface area contributed by atoms with Gasteiger partial charge in [-0.3, -0.25) is 4.68 Å². The number of aromatic nitrogens is 3. The van der Waals surface area contributed by atoms with Crippen molar-refractivity contribution < 1.29 is 0 Å². The van der Waals surface area contributed by atoms with Gasteiger partial charge < -0.3 is 0 Å². The number of rotatable bonds is 4. The van der Waals surface area contributed by atoms with Gasteiger partial charge in [0, 0.05) is 19.1 Å². The molecule has 1 aromatic rings. The van der Waals surface area contributed by atoms with Crippen molar-refractivity contribution in [3.05, 3.63) is 11.9 Å². The average Bonchev–Trinajstić information content (AvgIpc) is 2.46. The van der Waals surface area contributed by atoms with Gasteiger partial charge >= 0.3 is 0 Å². The third-order valence-corrected chi connectivity index (χ3v) is 2.66. The van der Waals surface area contributed by atoms with Gasteiger partial charge in [-0.25, -0.2) is 0 Å². The van der Waals surface area contributed by atoms with E-state index in [0.29, 0.717) is 17.7 Å². The summed E-state index contributed by atoms with van der Waals surface area (Å²) in [6, 6.07) is 0. The van der Waals surface area contributed by atoms with Crippen LogP contribution in [0, 0.1) is 11.8 Å². The van der Waals surface area contributed by atoms with Gasteiger partial charge in [0.2, 0.25) is 0 Å². The zero-order chi connectivity index (χ0) is 9.84. The van der Waals surface area contributed by atoms with Crippen molar-refractivity contribution in [2.75, 3.05) is 5.88 Å². The highest BCUT2D eigenvalue weighted by molar-refractivity contribution is 6.18. The van der Waals surface area contributed by atoms with Crippen molar-refractivity contribution in [1.82, 2.24) is 15.0 Å². The summed E-state index contributed by atoms with van der Waals surface area (Å²) in [5, 5.41) is 7.93. The molecule has 4 heteroatoms. The fourth-order valence-corrected chi connectivity index (χ4v) is 1.69. The molecule has 1 aromatic heterocycles. The van der Waals surface area contributed by atoms with Crippen LogP contribution in [-0.2, 0) is 13.5 Å². The molecule has 0 fully saturated rings. The molecule has 0 amide bonds. The summed E-state index contributed by atoms with van der Waals surface area (Å²) in [6.07, 6.45) is 2.87. The van der Waals surface area contributed by atoms with Crippen molar-refractivity contribution in [3.63, 3.8) is 0 Å². The lowest BCUT2D eigenvalue weighted by Crippen LogP contribution is -2.13. The van der Waals surface area contributed by atoms with Crippen molar-refractivity contribution in [3.8, 4) is 0 Å². The first kappa shape index (κ1) is 10.5. The number of halogens is 1. The van der Waals surface area contributed by atoms with E-state index in [4.69, 9.17) is 11.6 Å². The quantitative estimate of drug-likeness (QED) is 0.697. The molecule has 0 aromatic carbocycles. The van der Waals surface area contributed by atoms with Gasteiger partial charge in [0.1, 0.15) is 0 Å². The number of nitrogens with zero attached hydrogens (tertiary/aromatic N) is 3. The summed E-state index contributed by atoms with van der Waals surface area (Å²) < 4.78 is 1.72. The Balaban J connectivity index is 2.56. The third kappa shape index (κ3) is 2.99. The molecule has 13 heavy (non-hydrogen) atoms. The molecule has 0 bridgehead atoms. The highest BCUT2D eigenvalue weighted by Crippen LogP contribution is 2.17. The Morgan fingerprint density at radius 1 is 1.54 bits per heavy atom. The van der Waals surface area contributed by atoms with Crippen LogP contribution >= 0.6 is 11.6 Å². The van der Waals surface area contributed by atoms with Gasteiger partial charge in [0.25, 0.3) is 0 Å². The molecule has 0 radical (unpaired) electrons. The molecule has 0 N–H and O–H groups in total. The van der Waals surface area contributed by atoms with E-state index in [1.165, 1.54) is 0 Å². The zero-order valence-electron chi connectivity index (χ0n) is 8.37. The first-order chi connectivity index (χ1) is 6.13. The number of alkyl halides is 1. The molecule has 3 nitrogen and oxygen atoms in total. The van der Waals surface area contributed by atoms with E-state index in [0.717, 1.165) is 12.1 Å². The van der Waals surface area contributed by atoms with Crippen molar-refractivity contribution in [2.45, 2.75) is 20.3 Å². The maximum atomic E-state index is 5.86. The molecular formula is C9H16ClN3. The van der Waals surface area contributed by atoms with Crippen LogP contribution in [0.4, 0.5) is 0 Å². The van der Waals surface area contributed by atoms with Crippen molar-refractivity contribution >= 4 is 11.6 Å². The second-order valence-corrected chi connectivity index (χ2v) is 4.05. The molecule has 74 valence electrons. The minimum atomic E-state index is 0.498. The lowest BCUT2D eigenvalue weighted by Gasteiger charge is -2.15. The van der Waals surface area contributed by atoms with Crippen LogP contribution in [0.3, 0.4) is 0 Å². The highest BCUT2D eigenvalue weighted by atomic mass is 35.5. The first-order valence-electron chi connectivity index (χ1n) is 4.54. The minimum Gasteiger partial charge on any atom is -0.255 e. The average molecular weight is 202 g/mol. The Labute approximate surface area is 84.1 Å². The summed E-state index contributed by atoms with van der Waals surface area (Å²) >= 11 is 5.86. The smallest absolute Gasteiger partial charge is 0.0830 e. The SMILES string of the molecule is CC(C)C(CCl)Cc1cn(C)nn1. The van der Waals surface area contributed by atoms with E-state index < -0.39 is 0 Å². The maximum Gasteiger partial charge on any atom is 0.0830 e. The molecule has 0 spiro atoms. The number of aryl methyl sites for hydroxylation is 1. The van der Waals surface area contributed by atoms with Gasteiger partial charge in [-0.05, 0) is 18.3 Å². The minimum absolute atomic E-state index is 0.498. The molecule has 0 saturated heterocycles. The summed E-state index contributed by atoms with van der Waals surface area (Å²) in [6.45, 7) is 4.37. The molecule has 1 atom stereocenters. The van der Waals surface area contributed by atoms with Gasteiger partial charge in [-0.15, -0.1) is 16.7 Å². The number of hydrogen-bond donors (Lipinski definition) is 0. The van der Waals surface area contributed by atoms with Crippen LogP contribution in [0.1, 0.15) is 19.5 Å². The maximum absolute atomic E-state index is 5.86. The van der Waals surface area contributed by atoms with Crippen LogP contribution in [0.15, 0.2) is 6.20 Å². The summed E-state index contributed by atoms with van der Waals surface area (Å²) in [5.74, 6) is 1.78. The Morgan fingerprint density at radius 2 is 2.23 bits per heavy atom. The van der Waals surface area contributed by atoms with Gasteiger partial charge in [0.05, 0.1) is 5.69 Å². The van der Waals surface area contributed by atoms with Gasteiger partial charge in [-0.1, -0.05) is 19.1 Å². The zero-order valence-corrected chi connectivity index (χ0v) is 9.12. The Hall–Kier alpha value is -0.570. The summed E-state index contributed by atoms with van der Waals surface area (Å²) in [7, 11) is 1.88. The van der Waals surface area contributed by atoms with E-state index in [2.05, 4.69) is 24.2 Å². The van der Waals surface area contributed by atoms with E-state index in [-0.39, 0.29) is 0 Å². The van der Waals surface area contributed by atoms with Gasteiger partial charge in [0.15, 0.2) is 0 Å². The Morgan fingerprint density at radius 3 is 2.62 bits per heavy atom. The normalized spacial score (nSPS) is 13.6. The van der Waals surface area contributed by atoms with Crippen molar-refractivity contribution in [1.29, 1.82) is 0 Å². The molecule has 1 unspecified atom stereocenters. The molecule has 1 rings (SSSR count). The summed E-state index contributed by atoms with van der Waals surface area (Å²) in [5.41, 5.74) is 1.03. The van der Waals surface area contributed by atoms with Crippen LogP contribution in [0.2, 0.25) is 0 Å². The van der Waals surface area contributed by atoms with E-state index in [9.17, 15) is 0 Å². The highest BCUT2D eigenvalue weighted by Gasteiger charge is 2.14. The predicted octanol–water partition coefficient (Wildman–Crippen LogP) is 1.87. The van der Waals surface area contributed by atoms with Gasteiger partial charge in [-0.2, -0.15) is 0 Å². The predicted molar refractivity (Wildman–Crippen MR) is 53.8 cm³/mol. The fourth-order valence-electron chi connectivity index (χ4n) is 1.23. The first-order valence-corrected chi connectivity index (χ1v) is 5.08. The number of hydrogen-bond acceptors (Lipinski definition) is 2.